The first-order chi connectivity index (χ1) is 13.8. The summed E-state index contributed by atoms with van der Waals surface area (Å²) in [6.07, 6.45) is 0.628. The van der Waals surface area contributed by atoms with Gasteiger partial charge in [-0.05, 0) is 44.9 Å². The summed E-state index contributed by atoms with van der Waals surface area (Å²) in [5, 5.41) is 3.61. The van der Waals surface area contributed by atoms with Gasteiger partial charge in [-0.15, -0.1) is 0 Å². The minimum absolute atomic E-state index is 0.317. The molecule has 1 aliphatic heterocycles. The van der Waals surface area contributed by atoms with Crippen LogP contribution in [0.2, 0.25) is 0 Å². The number of nitrogens with zero attached hydrogens (tertiary/aromatic N) is 1. The Bertz CT molecular complexity index is 999. The number of allylic oxidation sites excluding steroid dienone is 1. The lowest BCUT2D eigenvalue weighted by Crippen LogP contribution is -2.31. The number of thioether (sulfide) groups is 1. The number of rotatable bonds is 6. The molecular weight excluding hydrogens is 393 g/mol. The van der Waals surface area contributed by atoms with E-state index in [4.69, 9.17) is 4.74 Å². The van der Waals surface area contributed by atoms with E-state index in [9.17, 15) is 14.0 Å². The summed E-state index contributed by atoms with van der Waals surface area (Å²) < 4.78 is 18.9. The van der Waals surface area contributed by atoms with E-state index in [1.807, 2.05) is 6.92 Å². The molecule has 1 aromatic carbocycles. The number of fused-ring (bicyclic) bond motifs is 1. The van der Waals surface area contributed by atoms with Crippen molar-refractivity contribution in [3.05, 3.63) is 62.8 Å². The van der Waals surface area contributed by atoms with Gasteiger partial charge in [-0.2, -0.15) is 0 Å². The van der Waals surface area contributed by atoms with Crippen LogP contribution in [0.1, 0.15) is 51.2 Å². The number of anilines is 1. The molecule has 0 fully saturated rings. The molecule has 2 heterocycles. The summed E-state index contributed by atoms with van der Waals surface area (Å²) in [6, 6.07) is 5.77. The predicted octanol–water partition coefficient (Wildman–Crippen LogP) is 4.19. The molecule has 0 saturated carbocycles. The highest BCUT2D eigenvalue weighted by Crippen LogP contribution is 2.40. The van der Waals surface area contributed by atoms with Gasteiger partial charge in [0.25, 0.3) is 5.56 Å². The highest BCUT2D eigenvalue weighted by molar-refractivity contribution is 7.99. The van der Waals surface area contributed by atoms with Gasteiger partial charge in [0.05, 0.1) is 23.2 Å². The van der Waals surface area contributed by atoms with E-state index < -0.39 is 17.7 Å². The summed E-state index contributed by atoms with van der Waals surface area (Å²) in [7, 11) is 0. The summed E-state index contributed by atoms with van der Waals surface area (Å²) in [6.45, 7) is 7.32. The van der Waals surface area contributed by atoms with Gasteiger partial charge in [0.2, 0.25) is 0 Å². The second kappa shape index (κ2) is 8.82. The summed E-state index contributed by atoms with van der Waals surface area (Å²) >= 11 is 1.46. The van der Waals surface area contributed by atoms with Gasteiger partial charge in [0.15, 0.2) is 5.16 Å². The number of carbonyl (C=O) groups excluding carboxylic acids is 1. The number of hydrogen-bond donors (Lipinski definition) is 2. The van der Waals surface area contributed by atoms with Crippen molar-refractivity contribution in [2.45, 2.75) is 51.3 Å². The maximum Gasteiger partial charge on any atom is 0.337 e. The number of aromatic amines is 1. The van der Waals surface area contributed by atoms with Crippen LogP contribution in [-0.2, 0) is 9.53 Å². The molecule has 3 rings (SSSR count). The van der Waals surface area contributed by atoms with Crippen molar-refractivity contribution in [3.63, 3.8) is 0 Å². The molecule has 0 radical (unpaired) electrons. The number of nitrogens with one attached hydrogen (secondary N) is 2. The Kier molecular flexibility index (Phi) is 6.42. The number of halogens is 1. The first kappa shape index (κ1) is 21.1. The third kappa shape index (κ3) is 4.53. The van der Waals surface area contributed by atoms with E-state index in [1.165, 1.54) is 23.9 Å². The average molecular weight is 418 g/mol. The quantitative estimate of drug-likeness (QED) is 0.416. The van der Waals surface area contributed by atoms with E-state index in [2.05, 4.69) is 15.3 Å². The Hall–Kier alpha value is -2.61. The third-order valence-corrected chi connectivity index (χ3v) is 5.51. The van der Waals surface area contributed by atoms with Crippen molar-refractivity contribution in [2.75, 3.05) is 11.1 Å². The topological polar surface area (TPSA) is 84.1 Å². The van der Waals surface area contributed by atoms with Crippen LogP contribution in [0.3, 0.4) is 0 Å². The molecule has 1 unspecified atom stereocenters. The molecule has 0 aliphatic carbocycles. The summed E-state index contributed by atoms with van der Waals surface area (Å²) in [5.41, 5.74) is 1.48. The van der Waals surface area contributed by atoms with Gasteiger partial charge < -0.3 is 15.0 Å². The van der Waals surface area contributed by atoms with Crippen molar-refractivity contribution >= 4 is 23.5 Å². The standard InChI is InChI=1S/C21H24FN3O3S/c1-5-10-29-21-24-18-17(19(26)25-21)16(13-6-8-14(22)9-7-13)15(12(4)23-18)20(27)28-11(2)3/h6-9,11,16H,5,10H2,1-4H3,(H2,23,24,25,26). The van der Waals surface area contributed by atoms with Crippen molar-refractivity contribution in [1.82, 2.24) is 9.97 Å². The molecule has 1 aliphatic rings. The fourth-order valence-electron chi connectivity index (χ4n) is 3.23. The van der Waals surface area contributed by atoms with Crippen molar-refractivity contribution < 1.29 is 13.9 Å². The Balaban J connectivity index is 2.17. The third-order valence-electron chi connectivity index (χ3n) is 4.43. The van der Waals surface area contributed by atoms with Gasteiger partial charge in [-0.25, -0.2) is 14.2 Å². The van der Waals surface area contributed by atoms with E-state index in [0.29, 0.717) is 33.4 Å². The van der Waals surface area contributed by atoms with Crippen molar-refractivity contribution in [2.24, 2.45) is 0 Å². The van der Waals surface area contributed by atoms with E-state index in [-0.39, 0.29) is 11.7 Å². The zero-order chi connectivity index (χ0) is 21.1. The lowest BCUT2D eigenvalue weighted by Gasteiger charge is -2.29. The van der Waals surface area contributed by atoms with Gasteiger partial charge >= 0.3 is 5.97 Å². The molecule has 154 valence electrons. The number of H-pyrrole nitrogens is 1. The predicted molar refractivity (Wildman–Crippen MR) is 112 cm³/mol. The second-order valence-electron chi connectivity index (χ2n) is 7.08. The molecule has 1 aromatic heterocycles. The molecule has 8 heteroatoms. The fraction of sp³-hybridized carbons (Fsp3) is 0.381. The SMILES string of the molecule is CCCSc1nc2c(c(=O)[nH]1)C(c1ccc(F)cc1)C(C(=O)OC(C)C)=C(C)N2. The number of benzene rings is 1. The Morgan fingerprint density at radius 2 is 2.00 bits per heavy atom. The first-order valence-electron chi connectivity index (χ1n) is 9.53. The van der Waals surface area contributed by atoms with Crippen LogP contribution in [0, 0.1) is 5.82 Å². The Labute approximate surface area is 173 Å². The van der Waals surface area contributed by atoms with Crippen LogP contribution in [0.4, 0.5) is 10.2 Å². The zero-order valence-corrected chi connectivity index (χ0v) is 17.7. The smallest absolute Gasteiger partial charge is 0.337 e. The minimum atomic E-state index is -0.709. The van der Waals surface area contributed by atoms with Crippen LogP contribution in [-0.4, -0.2) is 27.8 Å². The normalized spacial score (nSPS) is 15.9. The molecule has 2 aromatic rings. The minimum Gasteiger partial charge on any atom is -0.460 e. The van der Waals surface area contributed by atoms with Crippen LogP contribution in [0.25, 0.3) is 0 Å². The zero-order valence-electron chi connectivity index (χ0n) is 16.8. The maximum absolute atomic E-state index is 13.5. The molecule has 0 spiro atoms. The van der Waals surface area contributed by atoms with Gasteiger partial charge in [-0.1, -0.05) is 30.8 Å². The van der Waals surface area contributed by atoms with Crippen LogP contribution < -0.4 is 10.9 Å². The van der Waals surface area contributed by atoms with Crippen LogP contribution in [0.15, 0.2) is 45.5 Å². The largest absolute Gasteiger partial charge is 0.460 e. The average Bonchev–Trinajstić information content (AvgIpc) is 2.65. The first-order valence-corrected chi connectivity index (χ1v) is 10.5. The van der Waals surface area contributed by atoms with E-state index in [1.54, 1.807) is 32.9 Å². The van der Waals surface area contributed by atoms with Crippen LogP contribution >= 0.6 is 11.8 Å². The number of esters is 1. The lowest BCUT2D eigenvalue weighted by molar-refractivity contribution is -0.143. The van der Waals surface area contributed by atoms with Crippen molar-refractivity contribution in [3.8, 4) is 0 Å². The molecule has 6 nitrogen and oxygen atoms in total. The summed E-state index contributed by atoms with van der Waals surface area (Å²) in [5.74, 6) is -0.397. The second-order valence-corrected chi connectivity index (χ2v) is 8.17. The van der Waals surface area contributed by atoms with E-state index >= 15 is 0 Å². The summed E-state index contributed by atoms with van der Waals surface area (Å²) in [4.78, 5) is 33.2. The van der Waals surface area contributed by atoms with Gasteiger partial charge in [0, 0.05) is 11.4 Å². The lowest BCUT2D eigenvalue weighted by atomic mass is 9.82. The maximum atomic E-state index is 13.5. The highest BCUT2D eigenvalue weighted by Gasteiger charge is 2.36. The van der Waals surface area contributed by atoms with Gasteiger partial charge in [0.1, 0.15) is 11.6 Å². The molecule has 0 bridgehead atoms. The molecular formula is C21H24FN3O3S. The molecule has 0 saturated heterocycles. The molecule has 0 amide bonds. The molecule has 1 atom stereocenters. The molecule has 29 heavy (non-hydrogen) atoms. The van der Waals surface area contributed by atoms with E-state index in [0.717, 1.165) is 12.2 Å². The monoisotopic (exact) mass is 417 g/mol. The number of carbonyl (C=O) groups is 1. The Morgan fingerprint density at radius 1 is 1.31 bits per heavy atom. The van der Waals surface area contributed by atoms with Crippen LogP contribution in [0.5, 0.6) is 0 Å². The number of hydrogen-bond acceptors (Lipinski definition) is 6. The highest BCUT2D eigenvalue weighted by atomic mass is 32.2. The van der Waals surface area contributed by atoms with Crippen molar-refractivity contribution in [1.29, 1.82) is 0 Å². The number of aromatic nitrogens is 2. The fourth-order valence-corrected chi connectivity index (χ4v) is 3.95. The molecule has 2 N–H and O–H groups in total. The Morgan fingerprint density at radius 3 is 2.62 bits per heavy atom. The number of ether oxygens (including phenoxy) is 1. The van der Waals surface area contributed by atoms with Gasteiger partial charge in [-0.3, -0.25) is 4.79 Å².